The molecule has 0 spiro atoms. The van der Waals surface area contributed by atoms with Gasteiger partial charge in [0.05, 0.1) is 6.61 Å². The minimum Gasteiger partial charge on any atom is -0.494 e. The Labute approximate surface area is 815 Å². The second kappa shape index (κ2) is 75.9. The summed E-state index contributed by atoms with van der Waals surface area (Å²) in [5.74, 6) is 2.99. The molecular weight excluding hydrogens is 1770 g/mol. The van der Waals surface area contributed by atoms with Gasteiger partial charge >= 0.3 is 0 Å². The van der Waals surface area contributed by atoms with Crippen molar-refractivity contribution in [2.75, 3.05) is 6.61 Å². The van der Waals surface area contributed by atoms with Crippen LogP contribution in [0.25, 0.3) is 21.9 Å². The quantitative estimate of drug-likeness (QED) is 0.112. The van der Waals surface area contributed by atoms with Crippen LogP contribution in [0.5, 0.6) is 11.5 Å². The third kappa shape index (κ3) is 68.0. The second-order valence-corrected chi connectivity index (χ2v) is 27.9. The molecule has 1 aliphatic rings. The number of hydrogen-bond donors (Lipinski definition) is 0. The number of ether oxygens (including phenoxy) is 2. The molecule has 11 aromatic carbocycles. The van der Waals surface area contributed by atoms with Crippen LogP contribution in [0.3, 0.4) is 0 Å². The number of fused-ring (bicyclic) bond motifs is 1. The minimum atomic E-state index is -0.0959. The molecule has 1 fully saturated rings. The predicted octanol–water partition coefficient (Wildman–Crippen LogP) is 29.5. The van der Waals surface area contributed by atoms with Crippen molar-refractivity contribution in [3.63, 3.8) is 0 Å². The van der Waals surface area contributed by atoms with Crippen molar-refractivity contribution in [3.05, 3.63) is 393 Å². The number of carbonyl (C=O) groups excluding carboxylic acids is 1. The van der Waals surface area contributed by atoms with Crippen LogP contribution in [0.15, 0.2) is 309 Å². The van der Waals surface area contributed by atoms with E-state index < -0.39 is 0 Å². The summed E-state index contributed by atoms with van der Waals surface area (Å²) in [4.78, 5) is 12.0. The summed E-state index contributed by atoms with van der Waals surface area (Å²) in [6.07, 6.45) is 9.74. The van der Waals surface area contributed by atoms with Gasteiger partial charge < -0.3 is 54.0 Å². The molecule has 0 bridgehead atoms. The Hall–Kier alpha value is -2.43. The van der Waals surface area contributed by atoms with Crippen molar-refractivity contribution in [2.24, 2.45) is 16.7 Å². The average molecular weight is 1910 g/mol. The summed E-state index contributed by atoms with van der Waals surface area (Å²) in [5, 5.41) is 2.64. The number of para-hydroxylation sites is 2. The van der Waals surface area contributed by atoms with Crippen LogP contribution in [-0.2, 0) is 209 Å². The molecule has 3 nitrogen and oxygen atoms in total. The number of rotatable bonds is 8. The fourth-order valence-corrected chi connectivity index (χ4v) is 9.29. The minimum absolute atomic E-state index is 0. The zero-order valence-electron chi connectivity index (χ0n) is 70.9. The standard InChI is InChI=1S/C14H12O.C13H12.C11H10.C11H16.C10H14O.C8H10O.C8H10.C7H14.C6H6.C5H12.6CH3.6Y/c1-11-7-9-13(10-8-11)14(15)12-5-3-2-4-6-12;1-11-7-9-13(10-8-11)12-5-3-2-4-6-12;1-9-6-7-10-4-2-3-5-11(10)8-9;1-11(2,3)9-10-7-5-4-6-8-10;1-10(2,3)11-9-7-5-4-6-8-9;1-2-9-8-6-4-3-5-7-8;1-2-8-6-4-3-5-7-8;1-7-5-3-2-4-6-7;1-2-4-6-5-3-1;1-5(2,3)4;;;;;;;;;;;;/h2-10H,1H3;2-10H,1H3;2-8H,1H3;4-8H,9H2,1-3H3;4-8H,1-3H3;3-7H,2H2,1H3;3-7H,2H2,1H3;7H,2-6H2,1H3;1-6H;1-4H3;6*1H3;;;;;;/q;;;;;;;;;;6*-1;;;;;;. The first-order valence-electron chi connectivity index (χ1n) is 34.6. The van der Waals surface area contributed by atoms with Gasteiger partial charge in [-0.1, -0.05) is 396 Å². The van der Waals surface area contributed by atoms with E-state index in [9.17, 15) is 4.79 Å². The number of aryl methyl sites for hydroxylation is 4. The van der Waals surface area contributed by atoms with E-state index in [-0.39, 0.29) is 252 Å². The van der Waals surface area contributed by atoms with E-state index in [2.05, 4.69) is 222 Å². The van der Waals surface area contributed by atoms with Gasteiger partial charge in [0.1, 0.15) is 17.1 Å². The molecule has 1 aliphatic carbocycles. The van der Waals surface area contributed by atoms with Crippen molar-refractivity contribution < 1.29 is 211 Å². The molecule has 12 rings (SSSR count). The summed E-state index contributed by atoms with van der Waals surface area (Å²) in [5.41, 5.74) is 11.5. The molecule has 572 valence electrons. The fourth-order valence-electron chi connectivity index (χ4n) is 9.29. The number of carbonyl (C=O) groups is 1. The van der Waals surface area contributed by atoms with Gasteiger partial charge in [-0.25, -0.2) is 0 Å². The van der Waals surface area contributed by atoms with E-state index in [1.165, 1.54) is 81.8 Å². The van der Waals surface area contributed by atoms with Crippen LogP contribution in [-0.4, -0.2) is 18.0 Å². The predicted molar refractivity (Wildman–Crippen MR) is 459 cm³/mol. The molecule has 1 saturated carbocycles. The maximum absolute atomic E-state index is 12.0. The van der Waals surface area contributed by atoms with Crippen LogP contribution in [0.2, 0.25) is 0 Å². The Bertz CT molecular complexity index is 3570. The van der Waals surface area contributed by atoms with Crippen LogP contribution in [0.4, 0.5) is 0 Å². The zero-order valence-corrected chi connectivity index (χ0v) is 87.9. The molecule has 6 radical (unpaired) electrons. The molecule has 9 heteroatoms. The first-order valence-corrected chi connectivity index (χ1v) is 34.6. The van der Waals surface area contributed by atoms with Crippen molar-refractivity contribution in [3.8, 4) is 22.6 Å². The molecule has 0 N–H and O–H groups in total. The van der Waals surface area contributed by atoms with E-state index in [0.717, 1.165) is 48.0 Å². The maximum Gasteiger partial charge on any atom is 0.193 e. The fraction of sp³-hybridized carbons (Fsp3) is 0.283. The van der Waals surface area contributed by atoms with Gasteiger partial charge in [-0.2, -0.15) is 0 Å². The molecule has 0 saturated heterocycles. The Morgan fingerprint density at radius 3 is 1.03 bits per heavy atom. The van der Waals surface area contributed by atoms with Gasteiger partial charge in [-0.15, -0.1) is 0 Å². The van der Waals surface area contributed by atoms with Crippen molar-refractivity contribution >= 4 is 16.6 Å². The molecule has 108 heavy (non-hydrogen) atoms. The molecule has 0 aromatic heterocycles. The molecule has 0 atom stereocenters. The average Bonchev–Trinajstić information content (AvgIpc) is 0.860. The number of benzene rings is 11. The summed E-state index contributed by atoms with van der Waals surface area (Å²) in [6.45, 7) is 35.1. The Kier molecular flexibility index (Phi) is 88.8. The van der Waals surface area contributed by atoms with E-state index >= 15 is 0 Å². The monoisotopic (exact) mass is 1900 g/mol. The third-order valence-electron chi connectivity index (χ3n) is 14.0. The molecule has 0 heterocycles. The van der Waals surface area contributed by atoms with Gasteiger partial charge in [0.15, 0.2) is 5.78 Å². The third-order valence-corrected chi connectivity index (χ3v) is 14.0. The zero-order chi connectivity index (χ0) is 70.3. The summed E-state index contributed by atoms with van der Waals surface area (Å²) >= 11 is 0. The smallest absolute Gasteiger partial charge is 0.193 e. The number of ketones is 1. The van der Waals surface area contributed by atoms with Crippen molar-refractivity contribution in [1.82, 2.24) is 0 Å². The first-order chi connectivity index (χ1) is 45.9. The van der Waals surface area contributed by atoms with Gasteiger partial charge in [0, 0.05) is 207 Å². The normalized spacial score (nSPS) is 10.0. The molecule has 0 unspecified atom stereocenters. The van der Waals surface area contributed by atoms with Gasteiger partial charge in [0.2, 0.25) is 0 Å². The molecule has 0 amide bonds. The van der Waals surface area contributed by atoms with Crippen molar-refractivity contribution in [1.29, 1.82) is 0 Å². The molecule has 0 aliphatic heterocycles. The van der Waals surface area contributed by atoms with Crippen LogP contribution >= 0.6 is 0 Å². The van der Waals surface area contributed by atoms with Crippen LogP contribution < -0.4 is 9.47 Å². The summed E-state index contributed by atoms with van der Waals surface area (Å²) in [7, 11) is 0. The maximum atomic E-state index is 12.0. The first kappa shape index (κ1) is 126. The molecular formula is C99H134O3Y6-6. The van der Waals surface area contributed by atoms with Gasteiger partial charge in [-0.05, 0) is 135 Å². The largest absolute Gasteiger partial charge is 0.494 e. The number of hydrogen-bond acceptors (Lipinski definition) is 3. The van der Waals surface area contributed by atoms with E-state index in [1.807, 2.05) is 198 Å². The second-order valence-electron chi connectivity index (χ2n) is 27.9. The van der Waals surface area contributed by atoms with Crippen LogP contribution in [0, 0.1) is 82.1 Å². The SMILES string of the molecule is CC(C)(C)C.CC(C)(C)Cc1ccccc1.CC(C)(C)Oc1ccccc1.CC1CCCCC1.CCOc1ccccc1.CCc1ccccc1.Cc1ccc(-c2ccccc2)cc1.Cc1ccc(C(=O)c2ccccc2)cc1.Cc1ccc2ccccc2c1.[CH3-].[CH3-].[CH3-].[CH3-].[CH3-].[CH3-].[Y].[Y].[Y].[Y].[Y].[Y].c1ccccc1. The van der Waals surface area contributed by atoms with Crippen molar-refractivity contribution in [2.45, 2.75) is 161 Å². The Morgan fingerprint density at radius 1 is 0.352 bits per heavy atom. The van der Waals surface area contributed by atoms with Gasteiger partial charge in [-0.3, -0.25) is 4.79 Å². The topological polar surface area (TPSA) is 35.5 Å². The van der Waals surface area contributed by atoms with E-state index in [1.54, 1.807) is 0 Å². The van der Waals surface area contributed by atoms with E-state index in [0.29, 0.717) is 10.8 Å². The molecule has 11 aromatic rings. The summed E-state index contributed by atoms with van der Waals surface area (Å²) in [6, 6.07) is 104. The van der Waals surface area contributed by atoms with Crippen LogP contribution in [0.1, 0.15) is 166 Å². The van der Waals surface area contributed by atoms with E-state index in [4.69, 9.17) is 9.47 Å². The van der Waals surface area contributed by atoms with Gasteiger partial charge in [0.25, 0.3) is 0 Å². The Morgan fingerprint density at radius 2 is 0.667 bits per heavy atom. The summed E-state index contributed by atoms with van der Waals surface area (Å²) < 4.78 is 10.8. The Balaban J connectivity index is -0.000000123.